The van der Waals surface area contributed by atoms with Crippen molar-refractivity contribution in [2.45, 2.75) is 0 Å². The van der Waals surface area contributed by atoms with Crippen LogP contribution in [0.3, 0.4) is 0 Å². The number of methoxy groups -OCH3 is 2. The molecule has 2 aromatic carbocycles. The van der Waals surface area contributed by atoms with Crippen molar-refractivity contribution in [2.75, 3.05) is 14.2 Å². The van der Waals surface area contributed by atoms with Crippen molar-refractivity contribution in [1.29, 1.82) is 0 Å². The lowest BCUT2D eigenvalue weighted by molar-refractivity contribution is 0.0592. The third-order valence-corrected chi connectivity index (χ3v) is 3.52. The van der Waals surface area contributed by atoms with E-state index in [2.05, 4.69) is 4.74 Å². The highest BCUT2D eigenvalue weighted by Gasteiger charge is 2.17. The van der Waals surface area contributed by atoms with Gasteiger partial charge in [-0.2, -0.15) is 0 Å². The van der Waals surface area contributed by atoms with Gasteiger partial charge in [0.25, 0.3) is 0 Å². The number of hydrogen-bond donors (Lipinski definition) is 0. The molecule has 6 heteroatoms. The fourth-order valence-corrected chi connectivity index (χ4v) is 2.42. The Morgan fingerprint density at radius 2 is 1.70 bits per heavy atom. The first-order valence-corrected chi connectivity index (χ1v) is 6.73. The standard InChI is InChI=1S/C17H12O6/c1-21-16(19)9-6-7-12-11(8-9)15(18)14-10(17(20)22-2)4-3-5-13(14)23-12/h3-8H,1-2H3. The number of hydrogen-bond acceptors (Lipinski definition) is 6. The Kier molecular flexibility index (Phi) is 3.57. The van der Waals surface area contributed by atoms with E-state index < -0.39 is 17.4 Å². The number of benzene rings is 2. The summed E-state index contributed by atoms with van der Waals surface area (Å²) >= 11 is 0. The zero-order valence-electron chi connectivity index (χ0n) is 12.4. The van der Waals surface area contributed by atoms with Crippen molar-refractivity contribution in [3.8, 4) is 0 Å². The van der Waals surface area contributed by atoms with Crippen LogP contribution in [0.5, 0.6) is 0 Å². The molecule has 0 saturated heterocycles. The maximum Gasteiger partial charge on any atom is 0.338 e. The lowest BCUT2D eigenvalue weighted by atomic mass is 10.0. The molecular formula is C17H12O6. The zero-order valence-corrected chi connectivity index (χ0v) is 12.4. The predicted octanol–water partition coefficient (Wildman–Crippen LogP) is 2.52. The molecule has 0 spiro atoms. The molecule has 0 saturated carbocycles. The van der Waals surface area contributed by atoms with E-state index in [0.29, 0.717) is 5.58 Å². The third-order valence-electron chi connectivity index (χ3n) is 3.52. The third kappa shape index (κ3) is 2.34. The monoisotopic (exact) mass is 312 g/mol. The van der Waals surface area contributed by atoms with E-state index in [4.69, 9.17) is 9.15 Å². The lowest BCUT2D eigenvalue weighted by Gasteiger charge is -2.06. The Bertz CT molecular complexity index is 999. The van der Waals surface area contributed by atoms with Crippen molar-refractivity contribution in [3.05, 3.63) is 57.7 Å². The summed E-state index contributed by atoms with van der Waals surface area (Å²) in [5.74, 6) is -1.20. The quantitative estimate of drug-likeness (QED) is 0.534. The molecule has 0 fully saturated rings. The van der Waals surface area contributed by atoms with Crippen LogP contribution in [0.1, 0.15) is 20.7 Å². The molecule has 0 aliphatic rings. The molecule has 6 nitrogen and oxygen atoms in total. The largest absolute Gasteiger partial charge is 0.465 e. The molecule has 23 heavy (non-hydrogen) atoms. The van der Waals surface area contributed by atoms with Gasteiger partial charge in [0.1, 0.15) is 11.2 Å². The average molecular weight is 312 g/mol. The maximum atomic E-state index is 12.8. The Morgan fingerprint density at radius 3 is 2.39 bits per heavy atom. The fraction of sp³-hybridized carbons (Fsp3) is 0.118. The molecule has 0 N–H and O–H groups in total. The molecule has 0 aliphatic heterocycles. The van der Waals surface area contributed by atoms with Gasteiger partial charge in [-0.05, 0) is 30.3 Å². The van der Waals surface area contributed by atoms with Crippen LogP contribution >= 0.6 is 0 Å². The first kappa shape index (κ1) is 14.8. The van der Waals surface area contributed by atoms with Crippen molar-refractivity contribution in [1.82, 2.24) is 0 Å². The van der Waals surface area contributed by atoms with Crippen LogP contribution in [0.4, 0.5) is 0 Å². The van der Waals surface area contributed by atoms with E-state index in [0.717, 1.165) is 0 Å². The summed E-state index contributed by atoms with van der Waals surface area (Å²) < 4.78 is 15.0. The predicted molar refractivity (Wildman–Crippen MR) is 82.7 cm³/mol. The molecule has 0 radical (unpaired) electrons. The molecule has 3 aromatic rings. The number of rotatable bonds is 2. The molecule has 0 aliphatic carbocycles. The van der Waals surface area contributed by atoms with E-state index in [-0.39, 0.29) is 27.5 Å². The summed E-state index contributed by atoms with van der Waals surface area (Å²) in [7, 11) is 2.49. The number of ether oxygens (including phenoxy) is 2. The van der Waals surface area contributed by atoms with E-state index in [1.165, 1.54) is 38.5 Å². The van der Waals surface area contributed by atoms with Crippen molar-refractivity contribution in [2.24, 2.45) is 0 Å². The van der Waals surface area contributed by atoms with E-state index in [1.807, 2.05) is 0 Å². The van der Waals surface area contributed by atoms with Gasteiger partial charge >= 0.3 is 11.9 Å². The minimum Gasteiger partial charge on any atom is -0.465 e. The van der Waals surface area contributed by atoms with Crippen molar-refractivity contribution >= 4 is 33.9 Å². The van der Waals surface area contributed by atoms with Crippen LogP contribution in [-0.4, -0.2) is 26.2 Å². The van der Waals surface area contributed by atoms with Gasteiger partial charge in [0.15, 0.2) is 0 Å². The Labute approximate surface area is 130 Å². The molecule has 0 amide bonds. The molecule has 1 aromatic heterocycles. The number of carbonyl (C=O) groups excluding carboxylic acids is 2. The van der Waals surface area contributed by atoms with Gasteiger partial charge < -0.3 is 13.9 Å². The smallest absolute Gasteiger partial charge is 0.338 e. The van der Waals surface area contributed by atoms with Gasteiger partial charge in [0.2, 0.25) is 5.43 Å². The van der Waals surface area contributed by atoms with E-state index in [9.17, 15) is 14.4 Å². The first-order valence-electron chi connectivity index (χ1n) is 6.73. The normalized spacial score (nSPS) is 10.7. The van der Waals surface area contributed by atoms with Crippen LogP contribution in [-0.2, 0) is 9.47 Å². The summed E-state index contributed by atoms with van der Waals surface area (Å²) in [6.07, 6.45) is 0. The second-order valence-corrected chi connectivity index (χ2v) is 4.80. The van der Waals surface area contributed by atoms with E-state index in [1.54, 1.807) is 12.1 Å². The average Bonchev–Trinajstić information content (AvgIpc) is 2.59. The number of esters is 2. The first-order chi connectivity index (χ1) is 11.1. The maximum absolute atomic E-state index is 12.8. The summed E-state index contributed by atoms with van der Waals surface area (Å²) in [6.45, 7) is 0. The van der Waals surface area contributed by atoms with Crippen LogP contribution in [0.2, 0.25) is 0 Å². The second-order valence-electron chi connectivity index (χ2n) is 4.80. The van der Waals surface area contributed by atoms with Crippen LogP contribution < -0.4 is 5.43 Å². The van der Waals surface area contributed by atoms with Gasteiger partial charge in [-0.15, -0.1) is 0 Å². The molecule has 116 valence electrons. The topological polar surface area (TPSA) is 82.8 Å². The molecule has 0 atom stereocenters. The highest BCUT2D eigenvalue weighted by molar-refractivity contribution is 6.06. The minimum atomic E-state index is -0.633. The fourth-order valence-electron chi connectivity index (χ4n) is 2.42. The summed E-state index contributed by atoms with van der Waals surface area (Å²) in [5.41, 5.74) is 0.521. The Morgan fingerprint density at radius 1 is 0.957 bits per heavy atom. The van der Waals surface area contributed by atoms with Crippen molar-refractivity contribution in [3.63, 3.8) is 0 Å². The van der Waals surface area contributed by atoms with Gasteiger partial charge in [-0.1, -0.05) is 6.07 Å². The molecule has 0 unspecified atom stereocenters. The van der Waals surface area contributed by atoms with Crippen LogP contribution in [0.15, 0.2) is 45.6 Å². The highest BCUT2D eigenvalue weighted by Crippen LogP contribution is 2.22. The van der Waals surface area contributed by atoms with Crippen LogP contribution in [0, 0.1) is 0 Å². The Balaban J connectivity index is 2.41. The highest BCUT2D eigenvalue weighted by atomic mass is 16.5. The lowest BCUT2D eigenvalue weighted by Crippen LogP contribution is -2.11. The molecule has 1 heterocycles. The number of carbonyl (C=O) groups is 2. The van der Waals surface area contributed by atoms with E-state index >= 15 is 0 Å². The second kappa shape index (κ2) is 5.57. The SMILES string of the molecule is COC(=O)c1ccc2oc3cccc(C(=O)OC)c3c(=O)c2c1. The summed E-state index contributed by atoms with van der Waals surface area (Å²) in [5, 5.41) is 0.311. The van der Waals surface area contributed by atoms with Gasteiger partial charge in [0, 0.05) is 0 Å². The summed E-state index contributed by atoms with van der Waals surface area (Å²) in [6, 6.07) is 9.10. The van der Waals surface area contributed by atoms with Gasteiger partial charge in [-0.3, -0.25) is 4.79 Å². The van der Waals surface area contributed by atoms with Crippen LogP contribution in [0.25, 0.3) is 21.9 Å². The number of fused-ring (bicyclic) bond motifs is 2. The molecule has 3 rings (SSSR count). The Hall–Kier alpha value is -3.15. The molecular weight excluding hydrogens is 300 g/mol. The van der Waals surface area contributed by atoms with Gasteiger partial charge in [0.05, 0.1) is 36.1 Å². The van der Waals surface area contributed by atoms with Crippen molar-refractivity contribution < 1.29 is 23.5 Å². The molecule has 0 bridgehead atoms. The summed E-state index contributed by atoms with van der Waals surface area (Å²) in [4.78, 5) is 36.3. The van der Waals surface area contributed by atoms with Gasteiger partial charge in [-0.25, -0.2) is 9.59 Å². The zero-order chi connectivity index (χ0) is 16.6. The minimum absolute atomic E-state index is 0.115.